The first-order valence-electron chi connectivity index (χ1n) is 12.3. The molecular weight excluding hydrogens is 446 g/mol. The highest BCUT2D eigenvalue weighted by Crippen LogP contribution is 2.19. The van der Waals surface area contributed by atoms with Crippen molar-refractivity contribution in [2.45, 2.75) is 76.8 Å². The number of benzene rings is 1. The number of guanidine groups is 1. The van der Waals surface area contributed by atoms with E-state index in [4.69, 9.17) is 17.2 Å². The number of aromatic amines is 1. The van der Waals surface area contributed by atoms with Crippen molar-refractivity contribution < 1.29 is 14.4 Å². The molecule has 2 atom stereocenters. The minimum Gasteiger partial charge on any atom is -0.370 e. The van der Waals surface area contributed by atoms with Crippen LogP contribution >= 0.6 is 0 Å². The molecule has 10 nitrogen and oxygen atoms in total. The third-order valence-corrected chi connectivity index (χ3v) is 5.86. The molecule has 0 aliphatic heterocycles. The van der Waals surface area contributed by atoms with Crippen LogP contribution in [-0.4, -0.2) is 47.3 Å². The van der Waals surface area contributed by atoms with Crippen LogP contribution in [-0.2, 0) is 20.8 Å². The molecule has 2 rings (SSSR count). The Morgan fingerprint density at radius 1 is 0.971 bits per heavy atom. The van der Waals surface area contributed by atoms with Gasteiger partial charge in [-0.25, -0.2) is 0 Å². The lowest BCUT2D eigenvalue weighted by Crippen LogP contribution is -2.53. The first-order valence-corrected chi connectivity index (χ1v) is 12.3. The van der Waals surface area contributed by atoms with Crippen molar-refractivity contribution in [3.63, 3.8) is 0 Å². The van der Waals surface area contributed by atoms with Crippen LogP contribution in [0.25, 0.3) is 10.9 Å². The Labute approximate surface area is 206 Å². The fourth-order valence-electron chi connectivity index (χ4n) is 3.94. The van der Waals surface area contributed by atoms with Gasteiger partial charge in [-0.1, -0.05) is 50.8 Å². The maximum absolute atomic E-state index is 13.1. The molecule has 10 heteroatoms. The smallest absolute Gasteiger partial charge is 0.243 e. The summed E-state index contributed by atoms with van der Waals surface area (Å²) in [5.74, 6) is -1.34. The number of fused-ring (bicyclic) bond motifs is 1. The molecule has 192 valence electrons. The number of nitrogens with zero attached hydrogens (tertiary/aromatic N) is 1. The number of aliphatic imine (C=N–C) groups is 1. The number of carbonyl (C=O) groups excluding carboxylic acids is 3. The lowest BCUT2D eigenvalue weighted by molar-refractivity contribution is -0.131. The summed E-state index contributed by atoms with van der Waals surface area (Å²) in [5.41, 5.74) is 18.1. The molecule has 2 aromatic rings. The van der Waals surface area contributed by atoms with Crippen molar-refractivity contribution in [3.8, 4) is 0 Å². The molecule has 35 heavy (non-hydrogen) atoms. The van der Waals surface area contributed by atoms with Crippen LogP contribution in [0.5, 0.6) is 0 Å². The largest absolute Gasteiger partial charge is 0.370 e. The van der Waals surface area contributed by atoms with Crippen molar-refractivity contribution in [2.24, 2.45) is 22.2 Å². The molecule has 0 aliphatic carbocycles. The number of para-hydroxylation sites is 1. The van der Waals surface area contributed by atoms with Gasteiger partial charge < -0.3 is 32.8 Å². The molecule has 9 N–H and O–H groups in total. The van der Waals surface area contributed by atoms with E-state index in [9.17, 15) is 14.4 Å². The van der Waals surface area contributed by atoms with Gasteiger partial charge in [0.15, 0.2) is 5.96 Å². The van der Waals surface area contributed by atoms with Gasteiger partial charge in [-0.15, -0.1) is 0 Å². The summed E-state index contributed by atoms with van der Waals surface area (Å²) in [6.07, 6.45) is 8.27. The number of nitrogens with two attached hydrogens (primary N) is 3. The Balaban J connectivity index is 2.03. The second-order valence-corrected chi connectivity index (χ2v) is 8.76. The number of unbranched alkanes of at least 4 members (excludes halogenated alkanes) is 4. The number of aromatic nitrogens is 1. The van der Waals surface area contributed by atoms with Gasteiger partial charge in [-0.3, -0.25) is 19.4 Å². The molecule has 0 spiro atoms. The summed E-state index contributed by atoms with van der Waals surface area (Å²) in [5, 5.41) is 6.50. The first kappa shape index (κ1) is 27.7. The molecule has 0 radical (unpaired) electrons. The van der Waals surface area contributed by atoms with Crippen LogP contribution in [0.15, 0.2) is 35.5 Å². The normalized spacial score (nSPS) is 12.6. The Bertz CT molecular complexity index is 998. The molecule has 1 aromatic heterocycles. The molecule has 1 aromatic carbocycles. The maximum Gasteiger partial charge on any atom is 0.243 e. The molecule has 0 saturated heterocycles. The van der Waals surface area contributed by atoms with E-state index in [1.165, 1.54) is 0 Å². The van der Waals surface area contributed by atoms with Gasteiger partial charge in [0.05, 0.1) is 0 Å². The average Bonchev–Trinajstić information content (AvgIpc) is 3.23. The van der Waals surface area contributed by atoms with Crippen molar-refractivity contribution in [1.29, 1.82) is 0 Å². The number of hydrogen-bond donors (Lipinski definition) is 6. The molecule has 3 amide bonds. The fourth-order valence-corrected chi connectivity index (χ4v) is 3.94. The second-order valence-electron chi connectivity index (χ2n) is 8.76. The van der Waals surface area contributed by atoms with Gasteiger partial charge in [-0.2, -0.15) is 0 Å². The minimum absolute atomic E-state index is 0.0327. The summed E-state index contributed by atoms with van der Waals surface area (Å²) in [7, 11) is 0. The predicted molar refractivity (Wildman–Crippen MR) is 138 cm³/mol. The lowest BCUT2D eigenvalue weighted by Gasteiger charge is -2.22. The number of H-pyrrole nitrogens is 1. The summed E-state index contributed by atoms with van der Waals surface area (Å²) >= 11 is 0. The molecule has 0 aliphatic rings. The zero-order valence-corrected chi connectivity index (χ0v) is 20.5. The van der Waals surface area contributed by atoms with Gasteiger partial charge in [0.1, 0.15) is 12.1 Å². The highest BCUT2D eigenvalue weighted by Gasteiger charge is 2.26. The zero-order valence-electron chi connectivity index (χ0n) is 20.5. The van der Waals surface area contributed by atoms with Crippen LogP contribution in [0, 0.1) is 0 Å². The van der Waals surface area contributed by atoms with E-state index in [1.807, 2.05) is 24.3 Å². The monoisotopic (exact) mass is 485 g/mol. The molecule has 1 heterocycles. The Kier molecular flexibility index (Phi) is 11.6. The number of rotatable bonds is 16. The lowest BCUT2D eigenvalue weighted by atomic mass is 10.0. The summed E-state index contributed by atoms with van der Waals surface area (Å²) < 4.78 is 0. The molecule has 0 saturated carbocycles. The summed E-state index contributed by atoms with van der Waals surface area (Å²) in [6, 6.07) is 5.94. The SMILES string of the molecule is CCCCCCCC(=O)NC(CCCN=C(N)N)C(=O)NC(Cc1c[nH]c2ccccc12)C(N)=O. The van der Waals surface area contributed by atoms with Gasteiger partial charge in [0, 0.05) is 36.5 Å². The molecular formula is C25H39N7O3. The predicted octanol–water partition coefficient (Wildman–Crippen LogP) is 1.58. The van der Waals surface area contributed by atoms with E-state index in [-0.39, 0.29) is 18.3 Å². The van der Waals surface area contributed by atoms with E-state index >= 15 is 0 Å². The van der Waals surface area contributed by atoms with Gasteiger partial charge in [0.2, 0.25) is 17.7 Å². The third-order valence-electron chi connectivity index (χ3n) is 5.86. The number of primary amides is 1. The van der Waals surface area contributed by atoms with Crippen LogP contribution in [0.2, 0.25) is 0 Å². The van der Waals surface area contributed by atoms with E-state index < -0.39 is 23.9 Å². The van der Waals surface area contributed by atoms with Crippen molar-refractivity contribution in [3.05, 3.63) is 36.0 Å². The first-order chi connectivity index (χ1) is 16.8. The van der Waals surface area contributed by atoms with Gasteiger partial charge in [-0.05, 0) is 30.9 Å². The zero-order chi connectivity index (χ0) is 25.6. The number of amides is 3. The molecule has 0 bridgehead atoms. The number of nitrogens with one attached hydrogen (secondary N) is 3. The van der Waals surface area contributed by atoms with E-state index in [1.54, 1.807) is 6.20 Å². The quantitative estimate of drug-likeness (QED) is 0.120. The van der Waals surface area contributed by atoms with E-state index in [0.717, 1.165) is 48.6 Å². The Hall–Kier alpha value is -3.56. The standard InChI is InChI=1S/C25H39N7O3/c1-2-3-4-5-6-13-22(33)31-20(12-9-14-29-25(27)28)24(35)32-21(23(26)34)15-17-16-30-19-11-8-7-10-18(17)19/h7-8,10-11,16,20-21,30H,2-6,9,12-15H2,1H3,(H2,26,34)(H,31,33)(H,32,35)(H4,27,28,29). The van der Waals surface area contributed by atoms with Gasteiger partial charge >= 0.3 is 0 Å². The minimum atomic E-state index is -0.923. The summed E-state index contributed by atoms with van der Waals surface area (Å²) in [4.78, 5) is 44.9. The van der Waals surface area contributed by atoms with Crippen LogP contribution < -0.4 is 27.8 Å². The second kappa shape index (κ2) is 14.6. The van der Waals surface area contributed by atoms with Crippen LogP contribution in [0.4, 0.5) is 0 Å². The van der Waals surface area contributed by atoms with Crippen molar-refractivity contribution in [2.75, 3.05) is 6.54 Å². The third kappa shape index (κ3) is 9.68. The number of carbonyl (C=O) groups is 3. The van der Waals surface area contributed by atoms with Crippen LogP contribution in [0.3, 0.4) is 0 Å². The Morgan fingerprint density at radius 2 is 1.71 bits per heavy atom. The van der Waals surface area contributed by atoms with Gasteiger partial charge in [0.25, 0.3) is 0 Å². The topological polar surface area (TPSA) is 181 Å². The molecule has 0 fully saturated rings. The van der Waals surface area contributed by atoms with Crippen LogP contribution in [0.1, 0.15) is 63.9 Å². The maximum atomic E-state index is 13.1. The highest BCUT2D eigenvalue weighted by atomic mass is 16.2. The Morgan fingerprint density at radius 3 is 2.43 bits per heavy atom. The van der Waals surface area contributed by atoms with Crippen molar-refractivity contribution >= 4 is 34.6 Å². The van der Waals surface area contributed by atoms with Crippen molar-refractivity contribution in [1.82, 2.24) is 15.6 Å². The number of hydrogen-bond acceptors (Lipinski definition) is 4. The van der Waals surface area contributed by atoms with E-state index in [0.29, 0.717) is 25.8 Å². The van der Waals surface area contributed by atoms with E-state index in [2.05, 4.69) is 27.5 Å². The highest BCUT2D eigenvalue weighted by molar-refractivity contribution is 5.92. The average molecular weight is 486 g/mol. The molecule has 2 unspecified atom stereocenters. The fraction of sp³-hybridized carbons (Fsp3) is 0.520. The summed E-state index contributed by atoms with van der Waals surface area (Å²) in [6.45, 7) is 2.46.